The van der Waals surface area contributed by atoms with Crippen molar-refractivity contribution in [3.63, 3.8) is 0 Å². The highest BCUT2D eigenvalue weighted by molar-refractivity contribution is 4.87. The lowest BCUT2D eigenvalue weighted by molar-refractivity contribution is -0.186. The molecular weight excluding hydrogens is 296 g/mol. The van der Waals surface area contributed by atoms with Crippen LogP contribution in [0.3, 0.4) is 0 Å². The Hall–Kier alpha value is -0.460. The Morgan fingerprint density at radius 3 is 1.33 bits per heavy atom. The lowest BCUT2D eigenvalue weighted by Gasteiger charge is -2.37. The summed E-state index contributed by atoms with van der Waals surface area (Å²) in [4.78, 5) is 0. The first kappa shape index (κ1) is 16.9. The molecule has 2 saturated carbocycles. The van der Waals surface area contributed by atoms with Crippen molar-refractivity contribution in [1.29, 1.82) is 0 Å². The zero-order valence-corrected chi connectivity index (χ0v) is 11.7. The van der Waals surface area contributed by atoms with Gasteiger partial charge in [0.15, 0.2) is 0 Å². The first-order chi connectivity index (χ1) is 9.66. The summed E-state index contributed by atoms with van der Waals surface area (Å²) in [5.74, 6) is -2.63. The molecule has 0 aromatic carbocycles. The monoisotopic (exact) mass is 317 g/mol. The van der Waals surface area contributed by atoms with Crippen LogP contribution in [0.15, 0.2) is 0 Å². The summed E-state index contributed by atoms with van der Waals surface area (Å²) in [5, 5.41) is 3.06. The lowest BCUT2D eigenvalue weighted by atomic mass is 9.82. The molecule has 0 unspecified atom stereocenters. The molecule has 0 aromatic rings. The highest BCUT2D eigenvalue weighted by Crippen LogP contribution is 2.40. The maximum atomic E-state index is 12.7. The van der Waals surface area contributed by atoms with Crippen LogP contribution >= 0.6 is 0 Å². The molecule has 0 heterocycles. The molecule has 2 rings (SSSR count). The van der Waals surface area contributed by atoms with Gasteiger partial charge in [0.2, 0.25) is 0 Å². The smallest absolute Gasteiger partial charge is 0.311 e. The molecule has 4 atom stereocenters. The molecule has 1 N–H and O–H groups in total. The molecule has 2 aliphatic carbocycles. The van der Waals surface area contributed by atoms with E-state index in [2.05, 4.69) is 5.32 Å². The van der Waals surface area contributed by atoms with Crippen molar-refractivity contribution in [2.75, 3.05) is 0 Å². The average molecular weight is 317 g/mol. The topological polar surface area (TPSA) is 12.0 Å². The van der Waals surface area contributed by atoms with E-state index in [9.17, 15) is 26.3 Å². The molecule has 0 spiro atoms. The Labute approximate surface area is 120 Å². The number of hydrogen-bond donors (Lipinski definition) is 1. The van der Waals surface area contributed by atoms with E-state index >= 15 is 0 Å². The fourth-order valence-corrected chi connectivity index (χ4v) is 3.61. The van der Waals surface area contributed by atoms with E-state index in [1.807, 2.05) is 0 Å². The summed E-state index contributed by atoms with van der Waals surface area (Å²) < 4.78 is 76.4. The van der Waals surface area contributed by atoms with Crippen molar-refractivity contribution in [3.8, 4) is 0 Å². The van der Waals surface area contributed by atoms with Crippen molar-refractivity contribution >= 4 is 0 Å². The lowest BCUT2D eigenvalue weighted by Crippen LogP contribution is -2.46. The second-order valence-electron chi connectivity index (χ2n) is 6.37. The van der Waals surface area contributed by atoms with Gasteiger partial charge in [0.25, 0.3) is 0 Å². The predicted molar refractivity (Wildman–Crippen MR) is 66.7 cm³/mol. The average Bonchev–Trinajstić information content (AvgIpc) is 2.37. The highest BCUT2D eigenvalue weighted by atomic mass is 19.4. The molecule has 124 valence electrons. The third kappa shape index (κ3) is 4.76. The van der Waals surface area contributed by atoms with Crippen molar-refractivity contribution in [2.24, 2.45) is 11.8 Å². The second-order valence-corrected chi connectivity index (χ2v) is 6.37. The molecule has 1 nitrogen and oxygen atoms in total. The van der Waals surface area contributed by atoms with Gasteiger partial charge in [-0.1, -0.05) is 12.8 Å². The van der Waals surface area contributed by atoms with E-state index in [1.54, 1.807) is 0 Å². The van der Waals surface area contributed by atoms with Gasteiger partial charge in [-0.25, -0.2) is 0 Å². The van der Waals surface area contributed by atoms with Crippen LogP contribution in [0.4, 0.5) is 26.3 Å². The van der Waals surface area contributed by atoms with Crippen LogP contribution in [0.25, 0.3) is 0 Å². The van der Waals surface area contributed by atoms with E-state index in [0.717, 1.165) is 0 Å². The van der Waals surface area contributed by atoms with Crippen LogP contribution in [0.2, 0.25) is 0 Å². The van der Waals surface area contributed by atoms with Gasteiger partial charge in [-0.15, -0.1) is 0 Å². The maximum absolute atomic E-state index is 12.7. The van der Waals surface area contributed by atoms with Crippen LogP contribution in [-0.4, -0.2) is 24.4 Å². The summed E-state index contributed by atoms with van der Waals surface area (Å²) in [6, 6.07) is -0.607. The van der Waals surface area contributed by atoms with E-state index in [4.69, 9.17) is 0 Å². The number of halogens is 6. The van der Waals surface area contributed by atoms with Gasteiger partial charge >= 0.3 is 12.4 Å². The van der Waals surface area contributed by atoms with Crippen LogP contribution < -0.4 is 5.32 Å². The molecular formula is C14H21F6N. The minimum absolute atomic E-state index is 0.00329. The third-order valence-corrected chi connectivity index (χ3v) is 4.75. The van der Waals surface area contributed by atoms with Gasteiger partial charge in [0.1, 0.15) is 0 Å². The van der Waals surface area contributed by atoms with Crippen molar-refractivity contribution in [2.45, 2.75) is 75.8 Å². The third-order valence-electron chi connectivity index (χ3n) is 4.75. The summed E-state index contributed by atoms with van der Waals surface area (Å²) in [6.07, 6.45) is -5.90. The largest absolute Gasteiger partial charge is 0.391 e. The first-order valence-electron chi connectivity index (χ1n) is 7.55. The minimum Gasteiger partial charge on any atom is -0.311 e. The van der Waals surface area contributed by atoms with E-state index in [1.165, 1.54) is 0 Å². The summed E-state index contributed by atoms with van der Waals surface area (Å²) in [5.41, 5.74) is 0. The number of hydrogen-bond acceptors (Lipinski definition) is 1. The molecule has 0 saturated heterocycles. The van der Waals surface area contributed by atoms with E-state index < -0.39 is 24.2 Å². The van der Waals surface area contributed by atoms with Gasteiger partial charge < -0.3 is 5.32 Å². The first-order valence-corrected chi connectivity index (χ1v) is 7.55. The van der Waals surface area contributed by atoms with Crippen molar-refractivity contribution in [1.82, 2.24) is 5.32 Å². The quantitative estimate of drug-likeness (QED) is 0.720. The summed E-state index contributed by atoms with van der Waals surface area (Å²) in [6.45, 7) is 0. The molecule has 2 aliphatic rings. The Kier molecular flexibility index (Phi) is 5.11. The highest BCUT2D eigenvalue weighted by Gasteiger charge is 2.44. The SMILES string of the molecule is FC(F)(F)[C@@H]1CCC[C@H](N[C@H]2CCC[C@@H](C(F)(F)F)C2)C1. The van der Waals surface area contributed by atoms with Gasteiger partial charge in [-0.2, -0.15) is 26.3 Å². The fourth-order valence-electron chi connectivity index (χ4n) is 3.61. The minimum atomic E-state index is -4.19. The molecule has 2 fully saturated rings. The molecule has 21 heavy (non-hydrogen) atoms. The zero-order valence-electron chi connectivity index (χ0n) is 11.7. The summed E-state index contributed by atoms with van der Waals surface area (Å²) in [7, 11) is 0. The van der Waals surface area contributed by atoms with Gasteiger partial charge in [0.05, 0.1) is 11.8 Å². The van der Waals surface area contributed by atoms with E-state index in [-0.39, 0.29) is 37.8 Å². The van der Waals surface area contributed by atoms with E-state index in [0.29, 0.717) is 25.7 Å². The number of alkyl halides is 6. The standard InChI is InChI=1S/C14H21F6N/c15-13(16,17)9-3-1-5-11(7-9)21-12-6-2-4-10(8-12)14(18,19)20/h9-12,21H,1-8H2/t9-,10-,11+,12+/m1/s1. The molecule has 0 radical (unpaired) electrons. The Morgan fingerprint density at radius 1 is 0.619 bits per heavy atom. The van der Waals surface area contributed by atoms with Gasteiger partial charge in [0, 0.05) is 12.1 Å². The van der Waals surface area contributed by atoms with Crippen molar-refractivity contribution in [3.05, 3.63) is 0 Å². The van der Waals surface area contributed by atoms with Crippen molar-refractivity contribution < 1.29 is 26.3 Å². The van der Waals surface area contributed by atoms with Crippen LogP contribution in [0.5, 0.6) is 0 Å². The molecule has 0 amide bonds. The predicted octanol–water partition coefficient (Wildman–Crippen LogP) is 4.82. The summed E-state index contributed by atoms with van der Waals surface area (Å²) >= 11 is 0. The fraction of sp³-hybridized carbons (Fsp3) is 1.00. The van der Waals surface area contributed by atoms with Crippen LogP contribution in [-0.2, 0) is 0 Å². The van der Waals surface area contributed by atoms with Crippen LogP contribution in [0, 0.1) is 11.8 Å². The second kappa shape index (κ2) is 6.34. The molecule has 7 heteroatoms. The molecule has 0 aromatic heterocycles. The Balaban J connectivity index is 1.86. The number of nitrogens with one attached hydrogen (secondary N) is 1. The molecule has 0 bridgehead atoms. The number of rotatable bonds is 2. The Morgan fingerprint density at radius 2 is 1.00 bits per heavy atom. The Bertz CT molecular complexity index is 305. The normalized spacial score (nSPS) is 35.7. The van der Waals surface area contributed by atoms with Gasteiger partial charge in [-0.05, 0) is 38.5 Å². The van der Waals surface area contributed by atoms with Crippen LogP contribution in [0.1, 0.15) is 51.4 Å². The molecule has 0 aliphatic heterocycles. The zero-order chi connectivity index (χ0) is 15.7. The van der Waals surface area contributed by atoms with Gasteiger partial charge in [-0.3, -0.25) is 0 Å². The maximum Gasteiger partial charge on any atom is 0.391 e.